The minimum Gasteiger partial charge on any atom is -0.395 e. The molecule has 1 amide bonds. The highest BCUT2D eigenvalue weighted by Gasteiger charge is 2.36. The molecule has 0 aromatic rings. The van der Waals surface area contributed by atoms with Gasteiger partial charge in [0.05, 0.1) is 12.6 Å². The number of aliphatic hydroxyl groups excluding tert-OH is 1. The van der Waals surface area contributed by atoms with E-state index in [-0.39, 0.29) is 18.6 Å². The molecule has 1 atom stereocenters. The first-order chi connectivity index (χ1) is 6.83. The Labute approximate surface area is 84.3 Å². The van der Waals surface area contributed by atoms with Crippen LogP contribution in [0.4, 0.5) is 0 Å². The van der Waals surface area contributed by atoms with Crippen LogP contribution < -0.4 is 5.32 Å². The van der Waals surface area contributed by atoms with E-state index in [9.17, 15) is 4.79 Å². The van der Waals surface area contributed by atoms with Crippen LogP contribution in [0.2, 0.25) is 0 Å². The average Bonchev–Trinajstić information content (AvgIpc) is 2.88. The third-order valence-corrected chi connectivity index (χ3v) is 2.97. The first-order valence-electron chi connectivity index (χ1n) is 5.47. The van der Waals surface area contributed by atoms with Gasteiger partial charge in [0.25, 0.3) is 0 Å². The monoisotopic (exact) mass is 198 g/mol. The Morgan fingerprint density at radius 1 is 1.43 bits per heavy atom. The third kappa shape index (κ3) is 2.07. The summed E-state index contributed by atoms with van der Waals surface area (Å²) < 4.78 is 0. The lowest BCUT2D eigenvalue weighted by atomic mass is 10.2. The van der Waals surface area contributed by atoms with Crippen LogP contribution in [0.3, 0.4) is 0 Å². The molecule has 0 aromatic carbocycles. The maximum atomic E-state index is 12.0. The van der Waals surface area contributed by atoms with Gasteiger partial charge in [-0.15, -0.1) is 0 Å². The molecular weight excluding hydrogens is 180 g/mol. The van der Waals surface area contributed by atoms with Crippen molar-refractivity contribution in [3.05, 3.63) is 0 Å². The van der Waals surface area contributed by atoms with Crippen molar-refractivity contribution >= 4 is 5.91 Å². The van der Waals surface area contributed by atoms with E-state index in [4.69, 9.17) is 5.11 Å². The molecule has 2 aliphatic rings. The van der Waals surface area contributed by atoms with Crippen LogP contribution in [0.15, 0.2) is 0 Å². The standard InChI is InChI=1S/C10H18N2O2/c13-7-6-12(8-3-4-8)10(14)9-2-1-5-11-9/h8-9,11,13H,1-7H2. The van der Waals surface area contributed by atoms with Crippen molar-refractivity contribution < 1.29 is 9.90 Å². The number of hydrogen-bond donors (Lipinski definition) is 2. The molecule has 2 fully saturated rings. The molecular formula is C10H18N2O2. The predicted molar refractivity (Wildman–Crippen MR) is 52.8 cm³/mol. The summed E-state index contributed by atoms with van der Waals surface area (Å²) in [5.41, 5.74) is 0. The fourth-order valence-corrected chi connectivity index (χ4v) is 2.06. The summed E-state index contributed by atoms with van der Waals surface area (Å²) >= 11 is 0. The Hall–Kier alpha value is -0.610. The first kappa shape index (κ1) is 9.93. The SMILES string of the molecule is O=C(C1CCCN1)N(CCO)C1CC1. The Balaban J connectivity index is 1.91. The van der Waals surface area contributed by atoms with Gasteiger partial charge in [0.2, 0.25) is 5.91 Å². The Morgan fingerprint density at radius 3 is 2.71 bits per heavy atom. The molecule has 0 spiro atoms. The normalized spacial score (nSPS) is 26.5. The molecule has 1 saturated carbocycles. The number of hydrogen-bond acceptors (Lipinski definition) is 3. The van der Waals surface area contributed by atoms with E-state index in [1.54, 1.807) is 0 Å². The molecule has 2 N–H and O–H groups in total. The van der Waals surface area contributed by atoms with E-state index in [2.05, 4.69) is 5.32 Å². The van der Waals surface area contributed by atoms with Gasteiger partial charge in [0.1, 0.15) is 0 Å². The largest absolute Gasteiger partial charge is 0.395 e. The molecule has 0 aromatic heterocycles. The van der Waals surface area contributed by atoms with Gasteiger partial charge in [0.15, 0.2) is 0 Å². The molecule has 14 heavy (non-hydrogen) atoms. The summed E-state index contributed by atoms with van der Waals surface area (Å²) in [5.74, 6) is 0.194. The van der Waals surface area contributed by atoms with E-state index in [1.807, 2.05) is 4.90 Å². The Bertz CT molecular complexity index is 210. The number of aliphatic hydroxyl groups is 1. The quantitative estimate of drug-likeness (QED) is 0.653. The molecule has 1 aliphatic carbocycles. The lowest BCUT2D eigenvalue weighted by Gasteiger charge is -2.24. The van der Waals surface area contributed by atoms with Gasteiger partial charge in [-0.1, -0.05) is 0 Å². The van der Waals surface area contributed by atoms with E-state index in [0.717, 1.165) is 32.2 Å². The van der Waals surface area contributed by atoms with E-state index < -0.39 is 0 Å². The molecule has 1 heterocycles. The van der Waals surface area contributed by atoms with Gasteiger partial charge in [0, 0.05) is 12.6 Å². The molecule has 0 bridgehead atoms. The van der Waals surface area contributed by atoms with Gasteiger partial charge >= 0.3 is 0 Å². The van der Waals surface area contributed by atoms with Crippen molar-refractivity contribution in [1.29, 1.82) is 0 Å². The van der Waals surface area contributed by atoms with Gasteiger partial charge in [-0.3, -0.25) is 4.79 Å². The third-order valence-electron chi connectivity index (χ3n) is 2.97. The van der Waals surface area contributed by atoms with Crippen LogP contribution in [0.5, 0.6) is 0 Å². The van der Waals surface area contributed by atoms with Crippen molar-refractivity contribution in [1.82, 2.24) is 10.2 Å². The second kappa shape index (κ2) is 4.28. The fraction of sp³-hybridized carbons (Fsp3) is 0.900. The van der Waals surface area contributed by atoms with Gasteiger partial charge in [-0.25, -0.2) is 0 Å². The minimum atomic E-state index is 0.0159. The molecule has 0 radical (unpaired) electrons. The number of carbonyl (C=O) groups is 1. The second-order valence-electron chi connectivity index (χ2n) is 4.14. The highest BCUT2D eigenvalue weighted by atomic mass is 16.3. The Kier molecular flexibility index (Phi) is 3.03. The minimum absolute atomic E-state index is 0.0159. The smallest absolute Gasteiger partial charge is 0.240 e. The number of nitrogens with one attached hydrogen (secondary N) is 1. The molecule has 4 heteroatoms. The summed E-state index contributed by atoms with van der Waals surface area (Å²) in [5, 5.41) is 12.1. The summed E-state index contributed by atoms with van der Waals surface area (Å²) in [6.07, 6.45) is 4.26. The van der Waals surface area contributed by atoms with Crippen LogP contribution in [0.1, 0.15) is 25.7 Å². The maximum absolute atomic E-state index is 12.0. The Morgan fingerprint density at radius 2 is 2.21 bits per heavy atom. The fourth-order valence-electron chi connectivity index (χ4n) is 2.06. The summed E-state index contributed by atoms with van der Waals surface area (Å²) in [6.45, 7) is 1.53. The van der Waals surface area contributed by atoms with Crippen LogP contribution in [-0.4, -0.2) is 47.7 Å². The highest BCUT2D eigenvalue weighted by molar-refractivity contribution is 5.82. The molecule has 1 unspecified atom stereocenters. The zero-order valence-electron chi connectivity index (χ0n) is 8.41. The summed E-state index contributed by atoms with van der Waals surface area (Å²) in [4.78, 5) is 13.8. The van der Waals surface area contributed by atoms with Gasteiger partial charge < -0.3 is 15.3 Å². The van der Waals surface area contributed by atoms with Crippen molar-refractivity contribution in [2.75, 3.05) is 19.7 Å². The van der Waals surface area contributed by atoms with E-state index >= 15 is 0 Å². The molecule has 1 aliphatic heterocycles. The molecule has 4 nitrogen and oxygen atoms in total. The molecule has 80 valence electrons. The van der Waals surface area contributed by atoms with Gasteiger partial charge in [-0.2, -0.15) is 0 Å². The zero-order valence-corrected chi connectivity index (χ0v) is 8.41. The number of nitrogens with zero attached hydrogens (tertiary/aromatic N) is 1. The molecule has 2 rings (SSSR count). The lowest BCUT2D eigenvalue weighted by molar-refractivity contribution is -0.134. The van der Waals surface area contributed by atoms with E-state index in [1.165, 1.54) is 0 Å². The number of carbonyl (C=O) groups excluding carboxylic acids is 1. The van der Waals surface area contributed by atoms with Crippen LogP contribution in [0, 0.1) is 0 Å². The van der Waals surface area contributed by atoms with Crippen molar-refractivity contribution in [3.63, 3.8) is 0 Å². The second-order valence-corrected chi connectivity index (χ2v) is 4.14. The summed E-state index contributed by atoms with van der Waals surface area (Å²) in [6, 6.07) is 0.430. The number of amides is 1. The van der Waals surface area contributed by atoms with Crippen LogP contribution >= 0.6 is 0 Å². The predicted octanol–water partition coefficient (Wildman–Crippen LogP) is -0.278. The lowest BCUT2D eigenvalue weighted by Crippen LogP contribution is -2.45. The van der Waals surface area contributed by atoms with E-state index in [0.29, 0.717) is 12.6 Å². The summed E-state index contributed by atoms with van der Waals surface area (Å²) in [7, 11) is 0. The number of rotatable bonds is 4. The van der Waals surface area contributed by atoms with Crippen molar-refractivity contribution in [2.24, 2.45) is 0 Å². The van der Waals surface area contributed by atoms with Crippen LogP contribution in [0.25, 0.3) is 0 Å². The average molecular weight is 198 g/mol. The van der Waals surface area contributed by atoms with Crippen LogP contribution in [-0.2, 0) is 4.79 Å². The van der Waals surface area contributed by atoms with Gasteiger partial charge in [-0.05, 0) is 32.2 Å². The van der Waals surface area contributed by atoms with Crippen molar-refractivity contribution in [2.45, 2.75) is 37.8 Å². The van der Waals surface area contributed by atoms with Crippen molar-refractivity contribution in [3.8, 4) is 0 Å². The first-order valence-corrected chi connectivity index (χ1v) is 5.47. The molecule has 1 saturated heterocycles. The maximum Gasteiger partial charge on any atom is 0.240 e. The topological polar surface area (TPSA) is 52.6 Å². The zero-order chi connectivity index (χ0) is 9.97. The highest BCUT2D eigenvalue weighted by Crippen LogP contribution is 2.27.